The molecule has 2 aromatic carbocycles. The summed E-state index contributed by atoms with van der Waals surface area (Å²) in [6.07, 6.45) is 0. The Morgan fingerprint density at radius 3 is 2.50 bits per heavy atom. The molecule has 100 valence electrons. The van der Waals surface area contributed by atoms with Crippen molar-refractivity contribution in [2.75, 3.05) is 0 Å². The first-order chi connectivity index (χ1) is 9.70. The molecule has 0 aliphatic rings. The van der Waals surface area contributed by atoms with Crippen molar-refractivity contribution in [2.45, 2.75) is 5.88 Å². The van der Waals surface area contributed by atoms with E-state index in [1.807, 2.05) is 6.07 Å². The van der Waals surface area contributed by atoms with Crippen molar-refractivity contribution in [3.8, 4) is 5.69 Å². The van der Waals surface area contributed by atoms with Crippen LogP contribution in [0.1, 0.15) is 5.82 Å². The molecule has 0 fully saturated rings. The van der Waals surface area contributed by atoms with Gasteiger partial charge in [-0.15, -0.1) is 11.6 Å². The fourth-order valence-electron chi connectivity index (χ4n) is 2.12. The van der Waals surface area contributed by atoms with Gasteiger partial charge in [0.25, 0.3) is 5.56 Å². The summed E-state index contributed by atoms with van der Waals surface area (Å²) < 4.78 is 14.4. The molecule has 3 aromatic rings. The molecule has 0 aliphatic carbocycles. The van der Waals surface area contributed by atoms with E-state index in [4.69, 9.17) is 11.6 Å². The van der Waals surface area contributed by atoms with Gasteiger partial charge in [-0.1, -0.05) is 12.1 Å². The van der Waals surface area contributed by atoms with Crippen LogP contribution in [0, 0.1) is 5.82 Å². The number of alkyl halides is 1. The molecule has 0 N–H and O–H groups in total. The lowest BCUT2D eigenvalue weighted by molar-refractivity contribution is 0.627. The van der Waals surface area contributed by atoms with Gasteiger partial charge in [0, 0.05) is 0 Å². The van der Waals surface area contributed by atoms with Crippen molar-refractivity contribution in [1.29, 1.82) is 0 Å². The summed E-state index contributed by atoms with van der Waals surface area (Å²) in [5.74, 6) is 0.169. The molecule has 0 bridgehead atoms. The average Bonchev–Trinajstić information content (AvgIpc) is 2.48. The van der Waals surface area contributed by atoms with Crippen molar-refractivity contribution >= 4 is 22.5 Å². The van der Waals surface area contributed by atoms with E-state index in [1.54, 1.807) is 18.2 Å². The second kappa shape index (κ2) is 5.06. The Labute approximate surface area is 119 Å². The Morgan fingerprint density at radius 2 is 1.80 bits per heavy atom. The Bertz CT molecular complexity index is 827. The maximum atomic E-state index is 13.0. The first-order valence-electron chi connectivity index (χ1n) is 6.03. The number of hydrogen-bond donors (Lipinski definition) is 0. The molecule has 0 spiro atoms. The van der Waals surface area contributed by atoms with Crippen LogP contribution in [-0.4, -0.2) is 9.55 Å². The molecule has 0 atom stereocenters. The topological polar surface area (TPSA) is 34.9 Å². The number of para-hydroxylation sites is 1. The van der Waals surface area contributed by atoms with Gasteiger partial charge >= 0.3 is 0 Å². The maximum Gasteiger partial charge on any atom is 0.266 e. The van der Waals surface area contributed by atoms with Gasteiger partial charge < -0.3 is 0 Å². The average molecular weight is 289 g/mol. The highest BCUT2D eigenvalue weighted by Crippen LogP contribution is 2.14. The summed E-state index contributed by atoms with van der Waals surface area (Å²) >= 11 is 5.89. The first-order valence-corrected chi connectivity index (χ1v) is 6.57. The number of aromatic nitrogens is 2. The van der Waals surface area contributed by atoms with E-state index in [0.29, 0.717) is 22.4 Å². The zero-order valence-electron chi connectivity index (χ0n) is 10.4. The molecule has 20 heavy (non-hydrogen) atoms. The van der Waals surface area contributed by atoms with Gasteiger partial charge in [0.1, 0.15) is 11.6 Å². The van der Waals surface area contributed by atoms with E-state index < -0.39 is 0 Å². The van der Waals surface area contributed by atoms with E-state index >= 15 is 0 Å². The van der Waals surface area contributed by atoms with Crippen molar-refractivity contribution in [1.82, 2.24) is 9.55 Å². The van der Waals surface area contributed by atoms with Gasteiger partial charge in [0.05, 0.1) is 22.5 Å². The minimum absolute atomic E-state index is 0.0947. The Hall–Kier alpha value is -2.20. The van der Waals surface area contributed by atoms with Crippen LogP contribution in [0.15, 0.2) is 53.3 Å². The number of halogens is 2. The zero-order chi connectivity index (χ0) is 14.1. The smallest absolute Gasteiger partial charge is 0.266 e. The van der Waals surface area contributed by atoms with Gasteiger partial charge in [-0.25, -0.2) is 9.37 Å². The molecule has 0 saturated heterocycles. The molecule has 0 aliphatic heterocycles. The number of benzene rings is 2. The second-order valence-corrected chi connectivity index (χ2v) is 4.56. The highest BCUT2D eigenvalue weighted by molar-refractivity contribution is 6.16. The zero-order valence-corrected chi connectivity index (χ0v) is 11.1. The van der Waals surface area contributed by atoms with Crippen LogP contribution in [-0.2, 0) is 5.88 Å². The molecule has 0 unspecified atom stereocenters. The highest BCUT2D eigenvalue weighted by atomic mass is 35.5. The summed E-state index contributed by atoms with van der Waals surface area (Å²) in [7, 11) is 0. The summed E-state index contributed by atoms with van der Waals surface area (Å²) in [6, 6.07) is 12.7. The summed E-state index contributed by atoms with van der Waals surface area (Å²) in [5, 5.41) is 0.505. The Balaban J connectivity index is 2.36. The number of nitrogens with zero attached hydrogens (tertiary/aromatic N) is 2. The maximum absolute atomic E-state index is 13.0. The van der Waals surface area contributed by atoms with Gasteiger partial charge in [0.2, 0.25) is 0 Å². The van der Waals surface area contributed by atoms with Crippen molar-refractivity contribution in [3.05, 3.63) is 70.5 Å². The molecule has 5 heteroatoms. The minimum Gasteiger partial charge on any atom is -0.268 e. The van der Waals surface area contributed by atoms with Gasteiger partial charge in [-0.05, 0) is 36.4 Å². The fourth-order valence-corrected chi connectivity index (χ4v) is 2.30. The highest BCUT2D eigenvalue weighted by Gasteiger charge is 2.11. The SMILES string of the molecule is O=c1c2ccccc2nc(CCl)n1-c1ccc(F)cc1. The molecule has 0 saturated carbocycles. The van der Waals surface area contributed by atoms with Crippen molar-refractivity contribution < 1.29 is 4.39 Å². The number of hydrogen-bond acceptors (Lipinski definition) is 2. The summed E-state index contributed by atoms with van der Waals surface area (Å²) in [6.45, 7) is 0. The predicted molar refractivity (Wildman–Crippen MR) is 76.9 cm³/mol. The van der Waals surface area contributed by atoms with Crippen LogP contribution in [0.5, 0.6) is 0 Å². The first kappa shape index (κ1) is 12.8. The third-order valence-corrected chi connectivity index (χ3v) is 3.29. The van der Waals surface area contributed by atoms with Crippen LogP contribution in [0.4, 0.5) is 4.39 Å². The van der Waals surface area contributed by atoms with E-state index in [2.05, 4.69) is 4.98 Å². The van der Waals surface area contributed by atoms with Crippen LogP contribution in [0.2, 0.25) is 0 Å². The van der Waals surface area contributed by atoms with E-state index in [9.17, 15) is 9.18 Å². The van der Waals surface area contributed by atoms with Crippen molar-refractivity contribution in [3.63, 3.8) is 0 Å². The molecule has 1 aromatic heterocycles. The van der Waals surface area contributed by atoms with E-state index in [0.717, 1.165) is 0 Å². The van der Waals surface area contributed by atoms with E-state index in [-0.39, 0.29) is 17.3 Å². The van der Waals surface area contributed by atoms with Gasteiger partial charge in [0.15, 0.2) is 0 Å². The number of fused-ring (bicyclic) bond motifs is 1. The second-order valence-electron chi connectivity index (χ2n) is 4.30. The Kier molecular flexibility index (Phi) is 3.24. The van der Waals surface area contributed by atoms with Crippen LogP contribution in [0.25, 0.3) is 16.6 Å². The fraction of sp³-hybridized carbons (Fsp3) is 0.0667. The predicted octanol–water partition coefficient (Wildman–Crippen LogP) is 3.26. The number of rotatable bonds is 2. The molecular formula is C15H10ClFN2O. The third-order valence-electron chi connectivity index (χ3n) is 3.05. The van der Waals surface area contributed by atoms with Crippen LogP contribution >= 0.6 is 11.6 Å². The van der Waals surface area contributed by atoms with Crippen molar-refractivity contribution in [2.24, 2.45) is 0 Å². The van der Waals surface area contributed by atoms with Gasteiger partial charge in [-0.3, -0.25) is 9.36 Å². The quantitative estimate of drug-likeness (QED) is 0.678. The van der Waals surface area contributed by atoms with Crippen LogP contribution in [0.3, 0.4) is 0 Å². The monoisotopic (exact) mass is 288 g/mol. The van der Waals surface area contributed by atoms with Gasteiger partial charge in [-0.2, -0.15) is 0 Å². The molecule has 0 radical (unpaired) electrons. The minimum atomic E-state index is -0.358. The lowest BCUT2D eigenvalue weighted by atomic mass is 10.2. The normalized spacial score (nSPS) is 10.9. The third kappa shape index (κ3) is 2.08. The van der Waals surface area contributed by atoms with Crippen LogP contribution < -0.4 is 5.56 Å². The molecule has 3 nitrogen and oxygen atoms in total. The van der Waals surface area contributed by atoms with E-state index in [1.165, 1.54) is 28.8 Å². The summed E-state index contributed by atoms with van der Waals surface area (Å²) in [4.78, 5) is 17.0. The lowest BCUT2D eigenvalue weighted by Gasteiger charge is -2.11. The Morgan fingerprint density at radius 1 is 1.10 bits per heavy atom. The lowest BCUT2D eigenvalue weighted by Crippen LogP contribution is -2.23. The molecule has 1 heterocycles. The largest absolute Gasteiger partial charge is 0.268 e. The summed E-state index contributed by atoms with van der Waals surface area (Å²) in [5.41, 5.74) is 0.940. The molecule has 0 amide bonds. The molecule has 3 rings (SSSR count). The molecular weight excluding hydrogens is 279 g/mol. The standard InChI is InChI=1S/C15H10ClFN2O/c16-9-14-18-13-4-2-1-3-12(13)15(20)19(14)11-7-5-10(17)6-8-11/h1-8H,9H2.